The van der Waals surface area contributed by atoms with E-state index in [1.807, 2.05) is 0 Å². The summed E-state index contributed by atoms with van der Waals surface area (Å²) in [6.07, 6.45) is 18.6. The minimum Gasteiger partial charge on any atom is -0.198 e. The first-order valence-corrected chi connectivity index (χ1v) is 8.07. The summed E-state index contributed by atoms with van der Waals surface area (Å²) in [6.45, 7) is 0. The molecule has 0 aromatic carbocycles. The predicted octanol–water partition coefficient (Wildman–Crippen LogP) is 4.47. The first-order valence-electron chi connectivity index (χ1n) is 8.07. The van der Waals surface area contributed by atoms with Gasteiger partial charge in [0, 0.05) is 0 Å². The van der Waals surface area contributed by atoms with Gasteiger partial charge < -0.3 is 0 Å². The van der Waals surface area contributed by atoms with Crippen LogP contribution in [0.15, 0.2) is 24.3 Å². The van der Waals surface area contributed by atoms with E-state index in [0.717, 1.165) is 36.5 Å². The fourth-order valence-electron chi connectivity index (χ4n) is 5.33. The zero-order chi connectivity index (χ0) is 12.9. The van der Waals surface area contributed by atoms with Crippen molar-refractivity contribution in [3.05, 3.63) is 24.3 Å². The second-order valence-corrected chi connectivity index (χ2v) is 7.39. The van der Waals surface area contributed by atoms with Crippen LogP contribution in [0.5, 0.6) is 0 Å². The molecular formula is C18H23N. The van der Waals surface area contributed by atoms with Gasteiger partial charge in [0.1, 0.15) is 0 Å². The molecule has 0 spiro atoms. The molecule has 100 valence electrons. The lowest BCUT2D eigenvalue weighted by Gasteiger charge is -2.29. The zero-order valence-electron chi connectivity index (χ0n) is 11.6. The molecule has 0 aromatic heterocycles. The molecule has 0 aromatic rings. The Morgan fingerprint density at radius 2 is 1.95 bits per heavy atom. The molecule has 19 heavy (non-hydrogen) atoms. The number of allylic oxidation sites excluding steroid dienone is 4. The molecular weight excluding hydrogens is 230 g/mol. The Morgan fingerprint density at radius 3 is 2.53 bits per heavy atom. The predicted molar refractivity (Wildman–Crippen MR) is 76.1 cm³/mol. The second-order valence-electron chi connectivity index (χ2n) is 7.39. The van der Waals surface area contributed by atoms with Crippen molar-refractivity contribution in [3.63, 3.8) is 0 Å². The summed E-state index contributed by atoms with van der Waals surface area (Å²) in [4.78, 5) is 0. The number of nitrogens with zero attached hydrogens (tertiary/aromatic N) is 1. The lowest BCUT2D eigenvalue weighted by Crippen LogP contribution is -2.24. The number of rotatable bonds is 4. The molecule has 0 unspecified atom stereocenters. The van der Waals surface area contributed by atoms with Crippen LogP contribution in [0.1, 0.15) is 44.9 Å². The van der Waals surface area contributed by atoms with Gasteiger partial charge in [0.2, 0.25) is 0 Å². The molecule has 2 fully saturated rings. The molecule has 6 atom stereocenters. The summed E-state index contributed by atoms with van der Waals surface area (Å²) in [7, 11) is 0. The molecule has 4 aliphatic rings. The highest BCUT2D eigenvalue weighted by Crippen LogP contribution is 2.55. The Balaban J connectivity index is 1.34. The van der Waals surface area contributed by atoms with Gasteiger partial charge in [-0.05, 0) is 68.1 Å². The van der Waals surface area contributed by atoms with Gasteiger partial charge in [-0.25, -0.2) is 0 Å². The molecule has 2 saturated carbocycles. The van der Waals surface area contributed by atoms with Crippen LogP contribution in [0.4, 0.5) is 0 Å². The van der Waals surface area contributed by atoms with Gasteiger partial charge in [0.15, 0.2) is 0 Å². The Hall–Kier alpha value is -1.03. The van der Waals surface area contributed by atoms with Gasteiger partial charge in [0.25, 0.3) is 0 Å². The van der Waals surface area contributed by atoms with E-state index < -0.39 is 0 Å². The van der Waals surface area contributed by atoms with Crippen LogP contribution in [-0.2, 0) is 0 Å². The van der Waals surface area contributed by atoms with E-state index in [0.29, 0.717) is 5.92 Å². The second kappa shape index (κ2) is 4.23. The third kappa shape index (κ3) is 1.80. The molecule has 4 aliphatic carbocycles. The van der Waals surface area contributed by atoms with Crippen LogP contribution < -0.4 is 0 Å². The van der Waals surface area contributed by atoms with E-state index in [4.69, 9.17) is 0 Å². The van der Waals surface area contributed by atoms with E-state index >= 15 is 0 Å². The Bertz CT molecular complexity index is 469. The molecule has 0 heterocycles. The van der Waals surface area contributed by atoms with Crippen LogP contribution >= 0.6 is 0 Å². The van der Waals surface area contributed by atoms with Crippen LogP contribution in [0.3, 0.4) is 0 Å². The van der Waals surface area contributed by atoms with Crippen molar-refractivity contribution in [2.24, 2.45) is 35.0 Å². The molecule has 0 radical (unpaired) electrons. The lowest BCUT2D eigenvalue weighted by molar-refractivity contribution is 0.273. The van der Waals surface area contributed by atoms with Crippen molar-refractivity contribution >= 4 is 0 Å². The highest BCUT2D eigenvalue weighted by molar-refractivity contribution is 5.22. The van der Waals surface area contributed by atoms with E-state index in [9.17, 15) is 5.26 Å². The van der Waals surface area contributed by atoms with Crippen LogP contribution in [0, 0.1) is 46.3 Å². The average molecular weight is 253 g/mol. The van der Waals surface area contributed by atoms with Crippen molar-refractivity contribution in [3.8, 4) is 6.07 Å². The molecule has 4 rings (SSSR count). The zero-order valence-corrected chi connectivity index (χ0v) is 11.6. The van der Waals surface area contributed by atoms with E-state index in [-0.39, 0.29) is 5.41 Å². The first kappa shape index (κ1) is 11.8. The van der Waals surface area contributed by atoms with Gasteiger partial charge in [-0.3, -0.25) is 0 Å². The van der Waals surface area contributed by atoms with Crippen LogP contribution in [-0.4, -0.2) is 0 Å². The molecule has 0 aliphatic heterocycles. The van der Waals surface area contributed by atoms with Gasteiger partial charge in [-0.15, -0.1) is 0 Å². The third-order valence-electron chi connectivity index (χ3n) is 6.35. The van der Waals surface area contributed by atoms with Crippen LogP contribution in [0.25, 0.3) is 0 Å². The molecule has 0 N–H and O–H groups in total. The SMILES string of the molecule is N#C[C@@]1(CCC[C@@H]2C[C@@H]3C=C[C@@H]2C3)C[C@H]2C=C[C@H]1C2. The standard InChI is InChI=1S/C18H23N/c19-12-18(11-14-4-6-17(18)10-14)7-1-2-15-8-13-3-5-16(15)9-13/h3-6,13-17H,1-2,7-11H2/t13-,14-,15+,16+,17-,18+/m0/s1. The minimum atomic E-state index is 0.00682. The smallest absolute Gasteiger partial charge is 0.0696 e. The molecule has 0 amide bonds. The Morgan fingerprint density at radius 1 is 1.05 bits per heavy atom. The highest BCUT2D eigenvalue weighted by Gasteiger charge is 2.48. The topological polar surface area (TPSA) is 23.8 Å². The van der Waals surface area contributed by atoms with Gasteiger partial charge >= 0.3 is 0 Å². The Labute approximate surface area is 116 Å². The molecule has 4 bridgehead atoms. The number of hydrogen-bond donors (Lipinski definition) is 0. The molecule has 1 heteroatoms. The van der Waals surface area contributed by atoms with Crippen molar-refractivity contribution in [2.45, 2.75) is 44.9 Å². The quantitative estimate of drug-likeness (QED) is 0.678. The Kier molecular flexibility index (Phi) is 2.62. The van der Waals surface area contributed by atoms with Crippen molar-refractivity contribution in [2.75, 3.05) is 0 Å². The number of hydrogen-bond acceptors (Lipinski definition) is 1. The first-order chi connectivity index (χ1) is 9.29. The van der Waals surface area contributed by atoms with Gasteiger partial charge in [-0.2, -0.15) is 5.26 Å². The van der Waals surface area contributed by atoms with E-state index in [1.54, 1.807) is 0 Å². The number of fused-ring (bicyclic) bond motifs is 4. The summed E-state index contributed by atoms with van der Waals surface area (Å²) in [5.74, 6) is 3.99. The van der Waals surface area contributed by atoms with Crippen molar-refractivity contribution < 1.29 is 0 Å². The summed E-state index contributed by atoms with van der Waals surface area (Å²) >= 11 is 0. The van der Waals surface area contributed by atoms with E-state index in [2.05, 4.69) is 30.4 Å². The highest BCUT2D eigenvalue weighted by atomic mass is 14.5. The summed E-state index contributed by atoms with van der Waals surface area (Å²) < 4.78 is 0. The lowest BCUT2D eigenvalue weighted by atomic mass is 9.72. The van der Waals surface area contributed by atoms with Crippen molar-refractivity contribution in [1.29, 1.82) is 5.26 Å². The van der Waals surface area contributed by atoms with E-state index in [1.165, 1.54) is 32.1 Å². The monoisotopic (exact) mass is 253 g/mol. The van der Waals surface area contributed by atoms with Gasteiger partial charge in [0.05, 0.1) is 11.5 Å². The summed E-state index contributed by atoms with van der Waals surface area (Å²) in [5.41, 5.74) is 0.00682. The summed E-state index contributed by atoms with van der Waals surface area (Å²) in [6, 6.07) is 2.70. The summed E-state index contributed by atoms with van der Waals surface area (Å²) in [5, 5.41) is 9.64. The average Bonchev–Trinajstić information content (AvgIpc) is 3.18. The normalized spacial score (nSPS) is 49.1. The fourth-order valence-corrected chi connectivity index (χ4v) is 5.33. The largest absolute Gasteiger partial charge is 0.198 e. The maximum atomic E-state index is 9.64. The fraction of sp³-hybridized carbons (Fsp3) is 0.722. The maximum Gasteiger partial charge on any atom is 0.0696 e. The number of nitriles is 1. The van der Waals surface area contributed by atoms with Crippen LogP contribution in [0.2, 0.25) is 0 Å². The van der Waals surface area contributed by atoms with Crippen molar-refractivity contribution in [1.82, 2.24) is 0 Å². The maximum absolute atomic E-state index is 9.64. The molecule has 1 nitrogen and oxygen atoms in total. The van der Waals surface area contributed by atoms with Gasteiger partial charge in [-0.1, -0.05) is 30.7 Å². The third-order valence-corrected chi connectivity index (χ3v) is 6.35. The minimum absolute atomic E-state index is 0.00682. The molecule has 0 saturated heterocycles.